The van der Waals surface area contributed by atoms with E-state index in [2.05, 4.69) is 0 Å². The fourth-order valence-electron chi connectivity index (χ4n) is 1.10. The van der Waals surface area contributed by atoms with E-state index in [1.807, 2.05) is 0 Å². The van der Waals surface area contributed by atoms with Crippen molar-refractivity contribution in [2.24, 2.45) is 0 Å². The Morgan fingerprint density at radius 2 is 1.19 bits per heavy atom. The molecule has 0 saturated heterocycles. The van der Waals surface area contributed by atoms with Crippen molar-refractivity contribution < 1.29 is 31.4 Å². The fraction of sp³-hybridized carbons (Fsp3) is 0.333. The number of hydrogen-bond donors (Lipinski definition) is 0. The zero-order valence-corrected chi connectivity index (χ0v) is 7.62. The van der Waals surface area contributed by atoms with Crippen LogP contribution in [-0.2, 0) is 19.0 Å². The highest BCUT2D eigenvalue weighted by molar-refractivity contribution is 5.33. The van der Waals surface area contributed by atoms with Crippen LogP contribution < -0.4 is 5.11 Å². The van der Waals surface area contributed by atoms with E-state index >= 15 is 0 Å². The van der Waals surface area contributed by atoms with E-state index < -0.39 is 35.6 Å². The Labute approximate surface area is 86.3 Å². The summed E-state index contributed by atoms with van der Waals surface area (Å²) in [5, 5.41) is 10.4. The fourth-order valence-corrected chi connectivity index (χ4v) is 1.10. The Bertz CT molecular complexity index is 346. The lowest BCUT2D eigenvalue weighted by atomic mass is 10.1. The number of benzene rings is 1. The average Bonchev–Trinajstić information content (AvgIpc) is 2.14. The monoisotopic (exact) mass is 243 g/mol. The van der Waals surface area contributed by atoms with Gasteiger partial charge in [0, 0.05) is 0 Å². The highest BCUT2D eigenvalue weighted by Gasteiger charge is 2.36. The molecule has 1 nitrogen and oxygen atoms in total. The minimum Gasteiger partial charge on any atom is -0.851 e. The predicted octanol–water partition coefficient (Wildman–Crippen LogP) is 2.58. The van der Waals surface area contributed by atoms with Gasteiger partial charge in [0.15, 0.2) is 0 Å². The summed E-state index contributed by atoms with van der Waals surface area (Å²) in [7, 11) is 0. The molecule has 0 bridgehead atoms. The van der Waals surface area contributed by atoms with Gasteiger partial charge in [0.1, 0.15) is 0 Å². The molecule has 90 valence electrons. The van der Waals surface area contributed by atoms with Crippen molar-refractivity contribution in [2.75, 3.05) is 0 Å². The molecule has 0 unspecified atom stereocenters. The second-order valence-electron chi connectivity index (χ2n) is 3.06. The van der Waals surface area contributed by atoms with Crippen LogP contribution in [0.15, 0.2) is 18.2 Å². The highest BCUT2D eigenvalue weighted by Crippen LogP contribution is 2.36. The van der Waals surface area contributed by atoms with Gasteiger partial charge in [-0.3, -0.25) is 0 Å². The van der Waals surface area contributed by atoms with Gasteiger partial charge in [-0.05, 0) is 18.2 Å². The molecule has 0 radical (unpaired) electrons. The number of alkyl halides is 6. The Morgan fingerprint density at radius 3 is 1.44 bits per heavy atom. The maximum Gasteiger partial charge on any atom is 0.416 e. The molecule has 0 heterocycles. The number of rotatable bonds is 1. The van der Waals surface area contributed by atoms with Crippen LogP contribution in [0.3, 0.4) is 0 Å². The molecule has 0 aliphatic rings. The molecule has 7 heteroatoms. The molecular formula is C9H5F6O-. The van der Waals surface area contributed by atoms with Crippen LogP contribution in [0.2, 0.25) is 0 Å². The zero-order chi connectivity index (χ0) is 12.6. The number of halogens is 6. The molecular weight excluding hydrogens is 238 g/mol. The van der Waals surface area contributed by atoms with Crippen molar-refractivity contribution in [2.45, 2.75) is 19.0 Å². The largest absolute Gasteiger partial charge is 0.851 e. The van der Waals surface area contributed by atoms with Gasteiger partial charge in [-0.15, -0.1) is 6.61 Å². The molecule has 16 heavy (non-hydrogen) atoms. The second-order valence-corrected chi connectivity index (χ2v) is 3.06. The summed E-state index contributed by atoms with van der Waals surface area (Å²) in [6.07, 6.45) is -9.80. The smallest absolute Gasteiger partial charge is 0.416 e. The summed E-state index contributed by atoms with van der Waals surface area (Å²) in [5.41, 5.74) is -3.47. The molecule has 0 spiro atoms. The van der Waals surface area contributed by atoms with Gasteiger partial charge in [0.25, 0.3) is 0 Å². The Hall–Kier alpha value is -1.24. The molecule has 0 fully saturated rings. The van der Waals surface area contributed by atoms with Crippen molar-refractivity contribution in [3.63, 3.8) is 0 Å². The summed E-state index contributed by atoms with van der Waals surface area (Å²) in [6, 6.07) is 0.823. The van der Waals surface area contributed by atoms with E-state index in [1.165, 1.54) is 0 Å². The van der Waals surface area contributed by atoms with Gasteiger partial charge in [0.2, 0.25) is 0 Å². The van der Waals surface area contributed by atoms with Gasteiger partial charge in [-0.2, -0.15) is 26.3 Å². The first-order valence-corrected chi connectivity index (χ1v) is 4.01. The quantitative estimate of drug-likeness (QED) is 0.695. The zero-order valence-electron chi connectivity index (χ0n) is 7.62. The minimum absolute atomic E-state index is 0.0147. The van der Waals surface area contributed by atoms with Crippen molar-refractivity contribution in [3.05, 3.63) is 34.9 Å². The Balaban J connectivity index is 3.33. The van der Waals surface area contributed by atoms with E-state index in [0.717, 1.165) is 0 Å². The van der Waals surface area contributed by atoms with Gasteiger partial charge in [0.05, 0.1) is 11.1 Å². The van der Waals surface area contributed by atoms with E-state index in [1.54, 1.807) is 0 Å². The lowest BCUT2D eigenvalue weighted by Crippen LogP contribution is -2.13. The Morgan fingerprint density at radius 1 is 0.812 bits per heavy atom. The first-order valence-electron chi connectivity index (χ1n) is 4.01. The van der Waals surface area contributed by atoms with Crippen molar-refractivity contribution >= 4 is 0 Å². The third-order valence-electron chi connectivity index (χ3n) is 1.81. The summed E-state index contributed by atoms with van der Waals surface area (Å²) < 4.78 is 73.2. The van der Waals surface area contributed by atoms with Gasteiger partial charge in [-0.1, -0.05) is 5.56 Å². The average molecular weight is 243 g/mol. The summed E-state index contributed by atoms with van der Waals surface area (Å²) in [4.78, 5) is 0. The minimum atomic E-state index is -4.90. The molecule has 0 aliphatic heterocycles. The molecule has 1 rings (SSSR count). The summed E-state index contributed by atoms with van der Waals surface area (Å²) >= 11 is 0. The van der Waals surface area contributed by atoms with Crippen LogP contribution >= 0.6 is 0 Å². The molecule has 0 aliphatic carbocycles. The molecule has 0 N–H and O–H groups in total. The maximum absolute atomic E-state index is 12.2. The lowest BCUT2D eigenvalue weighted by Gasteiger charge is -2.15. The molecule has 1 aromatic carbocycles. The second kappa shape index (κ2) is 3.97. The van der Waals surface area contributed by atoms with E-state index in [-0.39, 0.29) is 6.07 Å². The molecule has 0 atom stereocenters. The molecule has 1 aromatic rings. The van der Waals surface area contributed by atoms with Crippen molar-refractivity contribution in [1.29, 1.82) is 0 Å². The number of hydrogen-bond acceptors (Lipinski definition) is 1. The topological polar surface area (TPSA) is 23.1 Å². The van der Waals surface area contributed by atoms with Gasteiger partial charge >= 0.3 is 12.4 Å². The predicted molar refractivity (Wildman–Crippen MR) is 40.2 cm³/mol. The standard InChI is InChI=1S/C9H5F6O/c10-8(11,12)6-1-5(4-16)2-7(3-6)9(13,14)15/h1-3H,4H2/q-1. The Kier molecular flexibility index (Phi) is 3.18. The maximum atomic E-state index is 12.2. The third-order valence-corrected chi connectivity index (χ3v) is 1.81. The normalized spacial score (nSPS) is 12.9. The highest BCUT2D eigenvalue weighted by atomic mass is 19.4. The first-order chi connectivity index (χ1) is 7.14. The third kappa shape index (κ3) is 2.88. The van der Waals surface area contributed by atoms with E-state index in [0.29, 0.717) is 12.1 Å². The van der Waals surface area contributed by atoms with Crippen LogP contribution in [0.25, 0.3) is 0 Å². The molecule has 0 saturated carbocycles. The van der Waals surface area contributed by atoms with Gasteiger partial charge in [-0.25, -0.2) is 0 Å². The van der Waals surface area contributed by atoms with Gasteiger partial charge < -0.3 is 5.11 Å². The molecule has 0 aromatic heterocycles. The SMILES string of the molecule is [O-]Cc1cc(C(F)(F)F)cc(C(F)(F)F)c1. The summed E-state index contributed by atoms with van der Waals surface area (Å²) in [6.45, 7) is -1.13. The van der Waals surface area contributed by atoms with Crippen LogP contribution in [0.5, 0.6) is 0 Å². The van der Waals surface area contributed by atoms with E-state index in [4.69, 9.17) is 0 Å². The lowest BCUT2D eigenvalue weighted by molar-refractivity contribution is -0.386. The summed E-state index contributed by atoms with van der Waals surface area (Å²) in [5.74, 6) is 0. The van der Waals surface area contributed by atoms with Crippen LogP contribution in [-0.4, -0.2) is 0 Å². The van der Waals surface area contributed by atoms with Crippen LogP contribution in [0.4, 0.5) is 26.3 Å². The van der Waals surface area contributed by atoms with Crippen molar-refractivity contribution in [1.82, 2.24) is 0 Å². The van der Waals surface area contributed by atoms with Crippen molar-refractivity contribution in [3.8, 4) is 0 Å². The van der Waals surface area contributed by atoms with Crippen LogP contribution in [0.1, 0.15) is 16.7 Å². The van der Waals surface area contributed by atoms with E-state index in [9.17, 15) is 31.4 Å². The van der Waals surface area contributed by atoms with Crippen LogP contribution in [0, 0.1) is 0 Å². The molecule has 0 amide bonds. The first kappa shape index (κ1) is 12.8.